The molecule has 0 radical (unpaired) electrons. The molecule has 0 heterocycles. The molecular weight excluding hydrogens is 286 g/mol. The maximum absolute atomic E-state index is 8.36. The summed E-state index contributed by atoms with van der Waals surface area (Å²) in [5.74, 6) is 0. The van der Waals surface area contributed by atoms with E-state index < -0.39 is 26.7 Å². The van der Waals surface area contributed by atoms with Crippen molar-refractivity contribution in [3.05, 3.63) is 25.4 Å². The van der Waals surface area contributed by atoms with E-state index in [1.165, 1.54) is 0 Å². The second-order valence-corrected chi connectivity index (χ2v) is 4.20. The second-order valence-electron chi connectivity index (χ2n) is 1.09. The molecule has 0 amide bonds. The Morgan fingerprint density at radius 2 is 1.00 bits per heavy atom. The summed E-state index contributed by atoms with van der Waals surface area (Å²) in [7, 11) is 0. The zero-order chi connectivity index (χ0) is 11.7. The Bertz CT molecular complexity index is 124. The number of hydrogen-bond acceptors (Lipinski definition) is 9. The van der Waals surface area contributed by atoms with Gasteiger partial charge in [-0.15, -0.1) is 10.1 Å². The minimum absolute atomic E-state index is 1.50. The van der Waals surface area contributed by atoms with Gasteiger partial charge in [-0.3, -0.25) is 0 Å². The van der Waals surface area contributed by atoms with Crippen LogP contribution in [0.2, 0.25) is 0 Å². The van der Waals surface area contributed by atoms with E-state index in [0.29, 0.717) is 0 Å². The first-order valence-corrected chi connectivity index (χ1v) is 5.43. The van der Waals surface area contributed by atoms with E-state index in [-0.39, 0.29) is 0 Å². The van der Waals surface area contributed by atoms with E-state index in [9.17, 15) is 0 Å². The molecule has 0 aromatic carbocycles. The summed E-state index contributed by atoms with van der Waals surface area (Å²) in [6.07, 6.45) is 0. The molecule has 12 nitrogen and oxygen atoms in total. The van der Waals surface area contributed by atoms with Gasteiger partial charge in [0.25, 0.3) is 5.09 Å². The van der Waals surface area contributed by atoms with Crippen molar-refractivity contribution in [2.45, 2.75) is 0 Å². The van der Waals surface area contributed by atoms with E-state index in [1.54, 1.807) is 0 Å². The average Bonchev–Trinajstić information content (AvgIpc) is 1.50. The maximum atomic E-state index is 8.36. The van der Waals surface area contributed by atoms with Gasteiger partial charge in [-0.05, 0) is 0 Å². The zero-order valence-corrected chi connectivity index (χ0v) is 7.56. The summed E-state index contributed by atoms with van der Waals surface area (Å²) >= 11 is -2.70. The predicted octanol–water partition coefficient (Wildman–Crippen LogP) is -2.95. The van der Waals surface area contributed by atoms with E-state index >= 15 is 0 Å². The first kappa shape index (κ1) is 17.9. The van der Waals surface area contributed by atoms with Crippen LogP contribution >= 0.6 is 0 Å². The fourth-order valence-electron chi connectivity index (χ4n) is 0. The van der Waals surface area contributed by atoms with Gasteiger partial charge in [0.05, 0.1) is 5.09 Å². The third-order valence-electron chi connectivity index (χ3n) is 0. The molecule has 0 spiro atoms. The van der Waals surface area contributed by atoms with Crippen LogP contribution in [0.5, 0.6) is 0 Å². The van der Waals surface area contributed by atoms with E-state index in [0.717, 1.165) is 0 Å². The molecule has 13 heteroatoms. The van der Waals surface area contributed by atoms with Crippen molar-refractivity contribution in [1.29, 1.82) is 0 Å². The molecular formula is H9N6O6Pd-. The van der Waals surface area contributed by atoms with Crippen molar-refractivity contribution in [2.24, 2.45) is 17.5 Å². The quantitative estimate of drug-likeness (QED) is 0.173. The molecule has 0 saturated carbocycles. The second kappa shape index (κ2) is 8.99. The van der Waals surface area contributed by atoms with Crippen molar-refractivity contribution in [1.82, 2.24) is 0 Å². The van der Waals surface area contributed by atoms with Gasteiger partial charge in [-0.1, -0.05) is 0 Å². The summed E-state index contributed by atoms with van der Waals surface area (Å²) in [5, 5.41) is 28.4. The number of nitrogens with zero attached hydrogens (tertiary/aromatic N) is 2. The Kier molecular flexibility index (Phi) is 12.4. The molecule has 0 bridgehead atoms. The molecule has 0 aromatic rings. The minimum atomic E-state index is -2.70. The monoisotopic (exact) mass is 295 g/mol. The SMILES string of the molecule is O=[N+]([O-])O.O=[N+]([O-])[O-].[NH2][Pd]([NH2])([NH2])[NH2]. The fourth-order valence-corrected chi connectivity index (χ4v) is 0. The Hall–Kier alpha value is -1.10. The Labute approximate surface area is 75.5 Å². The predicted molar refractivity (Wildman–Crippen MR) is 35.9 cm³/mol. The molecule has 0 unspecified atom stereocenters. The molecule has 0 atom stereocenters. The van der Waals surface area contributed by atoms with Gasteiger partial charge in [0.15, 0.2) is 0 Å². The van der Waals surface area contributed by atoms with Crippen LogP contribution in [0.4, 0.5) is 0 Å². The Balaban J connectivity index is -0.000000117. The van der Waals surface area contributed by atoms with Crippen LogP contribution in [0.1, 0.15) is 0 Å². The molecule has 0 aliphatic heterocycles. The molecule has 86 valence electrons. The molecule has 0 rings (SSSR count). The molecule has 0 saturated heterocycles. The van der Waals surface area contributed by atoms with Crippen LogP contribution in [0.3, 0.4) is 0 Å². The van der Waals surface area contributed by atoms with Crippen LogP contribution in [0, 0.1) is 25.4 Å². The topological polar surface area (TPSA) is 234 Å². The zero-order valence-electron chi connectivity index (χ0n) is 6.01. The van der Waals surface area contributed by atoms with Crippen molar-refractivity contribution in [2.75, 3.05) is 0 Å². The molecule has 0 aliphatic carbocycles. The van der Waals surface area contributed by atoms with Gasteiger partial charge >= 0.3 is 34.0 Å². The first-order chi connectivity index (χ1) is 5.46. The summed E-state index contributed by atoms with van der Waals surface area (Å²) in [4.78, 5) is 16.6. The number of rotatable bonds is 0. The van der Waals surface area contributed by atoms with Gasteiger partial charge in [0, 0.05) is 0 Å². The number of hydrogen-bond donors (Lipinski definition) is 5. The van der Waals surface area contributed by atoms with Crippen molar-refractivity contribution in [3.8, 4) is 0 Å². The van der Waals surface area contributed by atoms with Gasteiger partial charge in [-0.2, -0.15) is 0 Å². The van der Waals surface area contributed by atoms with Crippen LogP contribution < -0.4 is 17.5 Å². The summed E-state index contributed by atoms with van der Waals surface area (Å²) in [5.41, 5.74) is 0. The van der Waals surface area contributed by atoms with Gasteiger partial charge in [0.2, 0.25) is 0 Å². The fraction of sp³-hybridized carbons (Fsp3) is 0. The molecule has 0 fully saturated rings. The van der Waals surface area contributed by atoms with E-state index in [4.69, 9.17) is 48.1 Å². The first-order valence-electron chi connectivity index (χ1n) is 1.84. The molecule has 0 aliphatic rings. The summed E-state index contributed by atoms with van der Waals surface area (Å²) in [6, 6.07) is 0. The standard InChI is InChI=1S/HNO3.NO3.4H2N.Pd/c2*2-1(3)4;;;;;/h(H,2,3,4);;4*1H2;/q;5*-1;+4. The van der Waals surface area contributed by atoms with Crippen molar-refractivity contribution >= 4 is 0 Å². The Morgan fingerprint density at radius 1 is 1.00 bits per heavy atom. The van der Waals surface area contributed by atoms with Gasteiger partial charge in [0.1, 0.15) is 0 Å². The van der Waals surface area contributed by atoms with E-state index in [2.05, 4.69) is 0 Å². The van der Waals surface area contributed by atoms with Crippen molar-refractivity contribution < 1.29 is 31.9 Å². The third-order valence-corrected chi connectivity index (χ3v) is 0. The van der Waals surface area contributed by atoms with Gasteiger partial charge in [-0.25, -0.2) is 0 Å². The van der Waals surface area contributed by atoms with E-state index in [1.807, 2.05) is 0 Å². The molecule has 9 N–H and O–H groups in total. The van der Waals surface area contributed by atoms with Crippen molar-refractivity contribution in [3.63, 3.8) is 0 Å². The normalized spacial score (nSPS) is 9.54. The molecule has 0 aromatic heterocycles. The van der Waals surface area contributed by atoms with Gasteiger partial charge < -0.3 is 20.5 Å². The summed E-state index contributed by atoms with van der Waals surface area (Å²) in [6.45, 7) is 0. The van der Waals surface area contributed by atoms with Crippen LogP contribution in [-0.2, 0) is 16.5 Å². The molecule has 13 heavy (non-hydrogen) atoms. The third kappa shape index (κ3) is 717. The summed E-state index contributed by atoms with van der Waals surface area (Å²) < 4.78 is 19.4. The van der Waals surface area contributed by atoms with Crippen LogP contribution in [0.25, 0.3) is 0 Å². The Morgan fingerprint density at radius 3 is 1.00 bits per heavy atom. The number of nitrogens with two attached hydrogens (primary N) is 4. The average molecular weight is 296 g/mol. The van der Waals surface area contributed by atoms with Crippen LogP contribution in [0.15, 0.2) is 0 Å². The van der Waals surface area contributed by atoms with Crippen LogP contribution in [-0.4, -0.2) is 15.4 Å².